The van der Waals surface area contributed by atoms with Crippen LogP contribution in [0.15, 0.2) is 5.16 Å². The molecule has 0 aliphatic carbocycles. The highest BCUT2D eigenvalue weighted by molar-refractivity contribution is 7.91. The van der Waals surface area contributed by atoms with E-state index < -0.39 is 9.84 Å². The second-order valence-corrected chi connectivity index (χ2v) is 6.16. The van der Waals surface area contributed by atoms with Crippen LogP contribution in [0.3, 0.4) is 0 Å². The molecule has 4 N–H and O–H groups in total. The Morgan fingerprint density at radius 1 is 1.73 bits per heavy atom. The van der Waals surface area contributed by atoms with E-state index in [0.717, 1.165) is 0 Å². The lowest BCUT2D eigenvalue weighted by Crippen LogP contribution is -2.37. The van der Waals surface area contributed by atoms with Crippen LogP contribution in [0.1, 0.15) is 13.3 Å². The molecule has 0 spiro atoms. The Kier molecular flexibility index (Phi) is 3.92. The first-order chi connectivity index (χ1) is 6.94. The fourth-order valence-corrected chi connectivity index (χ4v) is 3.21. The van der Waals surface area contributed by atoms with Crippen LogP contribution in [0.5, 0.6) is 0 Å². The minimum Gasteiger partial charge on any atom is -0.409 e. The lowest BCUT2D eigenvalue weighted by Gasteiger charge is -2.14. The number of hydrogen-bond donors (Lipinski definition) is 3. The predicted octanol–water partition coefficient (Wildman–Crippen LogP) is -0.854. The van der Waals surface area contributed by atoms with E-state index in [1.807, 2.05) is 6.92 Å². The van der Waals surface area contributed by atoms with Crippen LogP contribution in [-0.2, 0) is 9.84 Å². The van der Waals surface area contributed by atoms with Gasteiger partial charge in [0.2, 0.25) is 0 Å². The highest BCUT2D eigenvalue weighted by atomic mass is 32.2. The summed E-state index contributed by atoms with van der Waals surface area (Å²) < 4.78 is 22.3. The molecule has 0 amide bonds. The molecule has 0 aromatic carbocycles. The Labute approximate surface area is 89.4 Å². The van der Waals surface area contributed by atoms with Crippen molar-refractivity contribution < 1.29 is 13.6 Å². The van der Waals surface area contributed by atoms with E-state index in [2.05, 4.69) is 10.5 Å². The summed E-state index contributed by atoms with van der Waals surface area (Å²) in [5.74, 6) is 0.500. The summed E-state index contributed by atoms with van der Waals surface area (Å²) in [4.78, 5) is 0. The molecule has 15 heavy (non-hydrogen) atoms. The van der Waals surface area contributed by atoms with Gasteiger partial charge in [-0.3, -0.25) is 0 Å². The molecule has 7 heteroatoms. The summed E-state index contributed by atoms with van der Waals surface area (Å²) in [5.41, 5.74) is 5.40. The minimum atomic E-state index is -2.84. The van der Waals surface area contributed by atoms with Gasteiger partial charge in [-0.25, -0.2) is 8.42 Å². The molecule has 0 aromatic heterocycles. The number of nitrogens with one attached hydrogen (secondary N) is 1. The van der Waals surface area contributed by atoms with Crippen molar-refractivity contribution in [3.8, 4) is 0 Å². The maximum absolute atomic E-state index is 11.1. The van der Waals surface area contributed by atoms with E-state index in [1.165, 1.54) is 0 Å². The molecule has 1 heterocycles. The van der Waals surface area contributed by atoms with E-state index in [0.29, 0.717) is 13.0 Å². The first-order valence-corrected chi connectivity index (χ1v) is 6.68. The quantitative estimate of drug-likeness (QED) is 0.255. The normalized spacial score (nSPS) is 27.8. The fraction of sp³-hybridized carbons (Fsp3) is 0.875. The number of sulfone groups is 1. The smallest absolute Gasteiger partial charge is 0.151 e. The number of amidine groups is 1. The first-order valence-electron chi connectivity index (χ1n) is 4.86. The average Bonchev–Trinajstić information content (AvgIpc) is 2.53. The van der Waals surface area contributed by atoms with Crippen LogP contribution < -0.4 is 11.1 Å². The molecule has 0 saturated carbocycles. The molecule has 2 atom stereocenters. The van der Waals surface area contributed by atoms with Crippen LogP contribution in [0.4, 0.5) is 0 Å². The van der Waals surface area contributed by atoms with Gasteiger partial charge >= 0.3 is 0 Å². The van der Waals surface area contributed by atoms with Gasteiger partial charge in [0.05, 0.1) is 11.5 Å². The zero-order valence-corrected chi connectivity index (χ0v) is 9.50. The molecule has 1 aliphatic heterocycles. The maximum atomic E-state index is 11.1. The molecule has 1 aliphatic rings. The molecule has 1 saturated heterocycles. The molecular formula is C8H17N3O3S. The van der Waals surface area contributed by atoms with Crippen molar-refractivity contribution in [1.29, 1.82) is 0 Å². The van der Waals surface area contributed by atoms with Crippen molar-refractivity contribution >= 4 is 15.7 Å². The number of hydrogen-bond acceptors (Lipinski definition) is 5. The van der Waals surface area contributed by atoms with Gasteiger partial charge in [0, 0.05) is 18.5 Å². The molecule has 6 nitrogen and oxygen atoms in total. The molecule has 1 rings (SSSR count). The standard InChI is InChI=1S/C8H17N3O3S/c1-6(8(9)11-12)4-10-7-2-3-15(13,14)5-7/h6-7,10,12H,2-5H2,1H3,(H2,9,11). The van der Waals surface area contributed by atoms with Crippen LogP contribution in [0.25, 0.3) is 0 Å². The number of nitrogens with two attached hydrogens (primary N) is 1. The monoisotopic (exact) mass is 235 g/mol. The van der Waals surface area contributed by atoms with E-state index >= 15 is 0 Å². The van der Waals surface area contributed by atoms with E-state index in [9.17, 15) is 8.42 Å². The van der Waals surface area contributed by atoms with Crippen molar-refractivity contribution in [1.82, 2.24) is 5.32 Å². The lowest BCUT2D eigenvalue weighted by molar-refractivity contribution is 0.313. The van der Waals surface area contributed by atoms with Crippen molar-refractivity contribution in [2.24, 2.45) is 16.8 Å². The van der Waals surface area contributed by atoms with E-state index in [4.69, 9.17) is 10.9 Å². The molecular weight excluding hydrogens is 218 g/mol. The molecule has 88 valence electrons. The largest absolute Gasteiger partial charge is 0.409 e. The van der Waals surface area contributed by atoms with Crippen LogP contribution in [0.2, 0.25) is 0 Å². The van der Waals surface area contributed by atoms with Crippen molar-refractivity contribution in [2.75, 3.05) is 18.1 Å². The molecule has 0 bridgehead atoms. The Bertz CT molecular complexity index is 339. The van der Waals surface area contributed by atoms with Gasteiger partial charge in [0.15, 0.2) is 9.84 Å². The highest BCUT2D eigenvalue weighted by Crippen LogP contribution is 2.11. The molecule has 0 radical (unpaired) electrons. The Balaban J connectivity index is 2.33. The summed E-state index contributed by atoms with van der Waals surface area (Å²) in [6.07, 6.45) is 0.644. The summed E-state index contributed by atoms with van der Waals surface area (Å²) in [6.45, 7) is 2.33. The molecule has 2 unspecified atom stereocenters. The van der Waals surface area contributed by atoms with Crippen LogP contribution in [0, 0.1) is 5.92 Å². The second kappa shape index (κ2) is 4.80. The van der Waals surface area contributed by atoms with Crippen molar-refractivity contribution in [3.63, 3.8) is 0 Å². The average molecular weight is 235 g/mol. The van der Waals surface area contributed by atoms with Gasteiger partial charge in [-0.15, -0.1) is 0 Å². The highest BCUT2D eigenvalue weighted by Gasteiger charge is 2.27. The second-order valence-electron chi connectivity index (χ2n) is 3.93. The third kappa shape index (κ3) is 3.67. The number of nitrogens with zero attached hydrogens (tertiary/aromatic N) is 1. The zero-order chi connectivity index (χ0) is 11.5. The van der Waals surface area contributed by atoms with Crippen LogP contribution >= 0.6 is 0 Å². The minimum absolute atomic E-state index is 0.00365. The summed E-state index contributed by atoms with van der Waals surface area (Å²) in [6, 6.07) is 0.00365. The summed E-state index contributed by atoms with van der Waals surface area (Å²) in [5, 5.41) is 14.4. The Morgan fingerprint density at radius 3 is 2.87 bits per heavy atom. The van der Waals surface area contributed by atoms with Gasteiger partial charge in [-0.2, -0.15) is 0 Å². The molecule has 0 aromatic rings. The Hall–Kier alpha value is -0.820. The van der Waals surface area contributed by atoms with Gasteiger partial charge in [-0.05, 0) is 6.42 Å². The summed E-state index contributed by atoms with van der Waals surface area (Å²) in [7, 11) is -2.84. The topological polar surface area (TPSA) is 105 Å². The molecule has 1 fully saturated rings. The van der Waals surface area contributed by atoms with Gasteiger partial charge in [0.25, 0.3) is 0 Å². The van der Waals surface area contributed by atoms with Gasteiger partial charge in [0.1, 0.15) is 5.84 Å². The number of oxime groups is 1. The predicted molar refractivity (Wildman–Crippen MR) is 57.6 cm³/mol. The third-order valence-electron chi connectivity index (χ3n) is 2.57. The van der Waals surface area contributed by atoms with Gasteiger partial charge < -0.3 is 16.3 Å². The van der Waals surface area contributed by atoms with E-state index in [-0.39, 0.29) is 29.3 Å². The van der Waals surface area contributed by atoms with Crippen molar-refractivity contribution in [3.05, 3.63) is 0 Å². The lowest BCUT2D eigenvalue weighted by atomic mass is 10.1. The fourth-order valence-electron chi connectivity index (χ4n) is 1.50. The number of rotatable bonds is 4. The first kappa shape index (κ1) is 12.3. The van der Waals surface area contributed by atoms with Crippen LogP contribution in [-0.4, -0.2) is 43.6 Å². The summed E-state index contributed by atoms with van der Waals surface area (Å²) >= 11 is 0. The van der Waals surface area contributed by atoms with Gasteiger partial charge in [-0.1, -0.05) is 12.1 Å². The third-order valence-corrected chi connectivity index (χ3v) is 4.33. The SMILES string of the molecule is CC(CNC1CCS(=O)(=O)C1)C(N)=NO. The zero-order valence-electron chi connectivity index (χ0n) is 8.68. The van der Waals surface area contributed by atoms with E-state index in [1.54, 1.807) is 0 Å². The maximum Gasteiger partial charge on any atom is 0.151 e. The van der Waals surface area contributed by atoms with Crippen molar-refractivity contribution in [2.45, 2.75) is 19.4 Å². The Morgan fingerprint density at radius 2 is 2.40 bits per heavy atom.